The summed E-state index contributed by atoms with van der Waals surface area (Å²) >= 11 is 0. The highest BCUT2D eigenvalue weighted by Gasteiger charge is 2.19. The van der Waals surface area contributed by atoms with Crippen LogP contribution in [0.1, 0.15) is 54.9 Å². The van der Waals surface area contributed by atoms with E-state index >= 15 is 0 Å². The molecule has 0 spiro atoms. The third-order valence-electron chi connectivity index (χ3n) is 3.88. The zero-order valence-corrected chi connectivity index (χ0v) is 21.1. The van der Waals surface area contributed by atoms with Gasteiger partial charge in [0.05, 0.1) is 0 Å². The number of hydrogen-bond donors (Lipinski definition) is 2. The van der Waals surface area contributed by atoms with E-state index in [9.17, 15) is 4.79 Å². The molecule has 8 heteroatoms. The second kappa shape index (κ2) is 14.3. The number of amides is 1. The number of carbonyl (C=O) groups excluding carboxylic acids is 1. The fourth-order valence-electron chi connectivity index (χ4n) is 2.57. The van der Waals surface area contributed by atoms with Crippen molar-refractivity contribution in [3.63, 3.8) is 0 Å². The summed E-state index contributed by atoms with van der Waals surface area (Å²) in [7, 11) is 3.49. The van der Waals surface area contributed by atoms with Crippen LogP contribution in [0, 0.1) is 0 Å². The number of rotatable bonds is 9. The van der Waals surface area contributed by atoms with E-state index in [1.54, 1.807) is 19.0 Å². The number of guanidine groups is 1. The van der Waals surface area contributed by atoms with Gasteiger partial charge in [-0.05, 0) is 54.9 Å². The molecule has 0 aliphatic rings. The molecule has 0 aromatic carbocycles. The average Bonchev–Trinajstić information content (AvgIpc) is 2.50. The van der Waals surface area contributed by atoms with Gasteiger partial charge < -0.3 is 20.3 Å². The fraction of sp³-hybridized carbons (Fsp3) is 0.895. The van der Waals surface area contributed by atoms with Gasteiger partial charge in [-0.3, -0.25) is 9.89 Å². The second-order valence-corrected chi connectivity index (χ2v) is 8.11. The Hall–Kier alpha value is -0.770. The monoisotopic (exact) mass is 499 g/mol. The maximum Gasteiger partial charge on any atom is 0.410 e. The minimum absolute atomic E-state index is 0. The van der Waals surface area contributed by atoms with Gasteiger partial charge in [0.1, 0.15) is 5.60 Å². The van der Waals surface area contributed by atoms with Crippen molar-refractivity contribution >= 4 is 36.0 Å². The number of likely N-dealkylation sites (N-methyl/N-ethyl adjacent to an activating group) is 1. The predicted molar refractivity (Wildman–Crippen MR) is 125 cm³/mol. The maximum absolute atomic E-state index is 11.9. The van der Waals surface area contributed by atoms with Crippen LogP contribution in [-0.4, -0.2) is 79.8 Å². The zero-order valence-electron chi connectivity index (χ0n) is 18.8. The Morgan fingerprint density at radius 3 is 2.00 bits per heavy atom. The zero-order chi connectivity index (χ0) is 20.3. The molecule has 0 radical (unpaired) electrons. The number of aliphatic imine (C=N–C) groups is 1. The summed E-state index contributed by atoms with van der Waals surface area (Å²) in [5.74, 6) is 0.753. The van der Waals surface area contributed by atoms with Gasteiger partial charge in [-0.25, -0.2) is 4.79 Å². The molecule has 7 nitrogen and oxygen atoms in total. The van der Waals surface area contributed by atoms with E-state index in [0.717, 1.165) is 25.5 Å². The summed E-state index contributed by atoms with van der Waals surface area (Å²) in [5, 5.41) is 6.55. The van der Waals surface area contributed by atoms with Gasteiger partial charge in [-0.1, -0.05) is 0 Å². The molecule has 27 heavy (non-hydrogen) atoms. The molecular weight excluding hydrogens is 457 g/mol. The van der Waals surface area contributed by atoms with Crippen molar-refractivity contribution in [2.75, 3.05) is 40.3 Å². The number of nitrogens with zero attached hydrogens (tertiary/aromatic N) is 3. The van der Waals surface area contributed by atoms with Gasteiger partial charge in [0.2, 0.25) is 0 Å². The highest BCUT2D eigenvalue weighted by Crippen LogP contribution is 2.08. The van der Waals surface area contributed by atoms with Crippen molar-refractivity contribution < 1.29 is 9.53 Å². The van der Waals surface area contributed by atoms with Crippen LogP contribution >= 0.6 is 24.0 Å². The van der Waals surface area contributed by atoms with Gasteiger partial charge in [-0.2, -0.15) is 0 Å². The largest absolute Gasteiger partial charge is 0.444 e. The van der Waals surface area contributed by atoms with E-state index < -0.39 is 5.60 Å². The van der Waals surface area contributed by atoms with Crippen LogP contribution in [0.15, 0.2) is 4.99 Å². The van der Waals surface area contributed by atoms with E-state index in [0.29, 0.717) is 25.2 Å². The normalized spacial score (nSPS) is 12.2. The minimum atomic E-state index is -0.476. The number of halogens is 1. The number of hydrogen-bond acceptors (Lipinski definition) is 4. The van der Waals surface area contributed by atoms with Crippen LogP contribution in [-0.2, 0) is 4.74 Å². The Labute approximate surface area is 183 Å². The summed E-state index contributed by atoms with van der Waals surface area (Å²) in [6.45, 7) is 17.6. The highest BCUT2D eigenvalue weighted by atomic mass is 127. The molecule has 0 unspecified atom stereocenters. The smallest absolute Gasteiger partial charge is 0.410 e. The van der Waals surface area contributed by atoms with Crippen LogP contribution < -0.4 is 10.6 Å². The standard InChI is InChI=1S/C19H41N5O2.HI/c1-15(2)24(16(3)4)13-10-11-21-17(20-8)22-12-14-23(9)18(25)26-19(5,6)7;/h15-16H,10-14H2,1-9H3,(H2,20,21,22);1H. The molecule has 0 heterocycles. The molecule has 0 bridgehead atoms. The molecule has 0 aliphatic heterocycles. The molecule has 0 saturated heterocycles. The Bertz CT molecular complexity index is 428. The van der Waals surface area contributed by atoms with Gasteiger partial charge in [0.15, 0.2) is 5.96 Å². The Morgan fingerprint density at radius 2 is 1.56 bits per heavy atom. The van der Waals surface area contributed by atoms with Crippen LogP contribution in [0.4, 0.5) is 4.79 Å². The van der Waals surface area contributed by atoms with Gasteiger partial charge in [-0.15, -0.1) is 24.0 Å². The summed E-state index contributed by atoms with van der Waals surface area (Å²) in [6, 6.07) is 1.10. The molecule has 0 fully saturated rings. The van der Waals surface area contributed by atoms with E-state index in [4.69, 9.17) is 4.74 Å². The molecule has 1 amide bonds. The lowest BCUT2D eigenvalue weighted by Crippen LogP contribution is -2.44. The molecule has 0 rings (SSSR count). The average molecular weight is 499 g/mol. The van der Waals surface area contributed by atoms with E-state index in [-0.39, 0.29) is 30.1 Å². The first-order chi connectivity index (χ1) is 12.0. The number of ether oxygens (including phenoxy) is 1. The fourth-order valence-corrected chi connectivity index (χ4v) is 2.57. The lowest BCUT2D eigenvalue weighted by Gasteiger charge is -2.30. The van der Waals surface area contributed by atoms with E-state index in [2.05, 4.69) is 48.2 Å². The summed E-state index contributed by atoms with van der Waals surface area (Å²) in [5.41, 5.74) is -0.476. The van der Waals surface area contributed by atoms with Crippen molar-refractivity contribution in [3.05, 3.63) is 0 Å². The van der Waals surface area contributed by atoms with Gasteiger partial charge in [0, 0.05) is 52.4 Å². The first kappa shape index (κ1) is 28.4. The topological polar surface area (TPSA) is 69.2 Å². The van der Waals surface area contributed by atoms with Gasteiger partial charge >= 0.3 is 6.09 Å². The third-order valence-corrected chi connectivity index (χ3v) is 3.88. The van der Waals surface area contributed by atoms with Crippen LogP contribution in [0.3, 0.4) is 0 Å². The molecule has 0 atom stereocenters. The quantitative estimate of drug-likeness (QED) is 0.221. The number of carbonyl (C=O) groups is 1. The SMILES string of the molecule is CN=C(NCCCN(C(C)C)C(C)C)NCCN(C)C(=O)OC(C)(C)C.I. The molecule has 162 valence electrons. The molecule has 0 aromatic heterocycles. The second-order valence-electron chi connectivity index (χ2n) is 8.11. The Balaban J connectivity index is 0. The third kappa shape index (κ3) is 14.0. The lowest BCUT2D eigenvalue weighted by molar-refractivity contribution is 0.0302. The van der Waals surface area contributed by atoms with Crippen molar-refractivity contribution in [1.29, 1.82) is 0 Å². The summed E-state index contributed by atoms with van der Waals surface area (Å²) in [4.78, 5) is 20.2. The highest BCUT2D eigenvalue weighted by molar-refractivity contribution is 14.0. The van der Waals surface area contributed by atoms with Crippen molar-refractivity contribution in [1.82, 2.24) is 20.4 Å². The van der Waals surface area contributed by atoms with Crippen molar-refractivity contribution in [2.45, 2.75) is 72.6 Å². The van der Waals surface area contributed by atoms with E-state index in [1.807, 2.05) is 20.8 Å². The van der Waals surface area contributed by atoms with Gasteiger partial charge in [0.25, 0.3) is 0 Å². The molecule has 0 saturated carbocycles. The molecular formula is C19H42IN5O2. The Morgan fingerprint density at radius 1 is 1.04 bits per heavy atom. The number of nitrogens with one attached hydrogen (secondary N) is 2. The van der Waals surface area contributed by atoms with Crippen LogP contribution in [0.25, 0.3) is 0 Å². The predicted octanol–water partition coefficient (Wildman–Crippen LogP) is 3.15. The molecule has 2 N–H and O–H groups in total. The van der Waals surface area contributed by atoms with Crippen molar-refractivity contribution in [3.8, 4) is 0 Å². The Kier molecular flexibility index (Phi) is 15.0. The first-order valence-electron chi connectivity index (χ1n) is 9.62. The minimum Gasteiger partial charge on any atom is -0.444 e. The summed E-state index contributed by atoms with van der Waals surface area (Å²) < 4.78 is 5.33. The van der Waals surface area contributed by atoms with Crippen LogP contribution in [0.2, 0.25) is 0 Å². The van der Waals surface area contributed by atoms with Crippen molar-refractivity contribution in [2.24, 2.45) is 4.99 Å². The lowest BCUT2D eigenvalue weighted by atomic mass is 10.2. The molecule has 0 aromatic rings. The van der Waals surface area contributed by atoms with E-state index in [1.165, 1.54) is 0 Å². The summed E-state index contributed by atoms with van der Waals surface area (Å²) in [6.07, 6.45) is 0.735. The molecule has 0 aliphatic carbocycles. The first-order valence-corrected chi connectivity index (χ1v) is 9.62. The van der Waals surface area contributed by atoms with Crippen LogP contribution in [0.5, 0.6) is 0 Å². The maximum atomic E-state index is 11.9.